The molecule has 0 saturated carbocycles. The van der Waals surface area contributed by atoms with Crippen LogP contribution in [0.5, 0.6) is 0 Å². The van der Waals surface area contributed by atoms with Crippen molar-refractivity contribution in [1.82, 2.24) is 5.32 Å². The summed E-state index contributed by atoms with van der Waals surface area (Å²) in [6.45, 7) is 2.08. The molecule has 1 aromatic rings. The third-order valence-corrected chi connectivity index (χ3v) is 3.20. The number of carbonyl (C=O) groups is 1. The molecule has 3 nitrogen and oxygen atoms in total. The average molecular weight is 248 g/mol. The Labute approximate surface area is 98.1 Å². The topological polar surface area (TPSA) is 49.3 Å². The van der Waals surface area contributed by atoms with Crippen LogP contribution in [-0.2, 0) is 0 Å². The Kier molecular flexibility index (Phi) is 5.08. The van der Waals surface area contributed by atoms with E-state index in [4.69, 9.17) is 16.7 Å². The lowest BCUT2D eigenvalue weighted by atomic mass is 10.2. The SMILES string of the molecule is CC(CCCO)NC(=O)c1ccc(Cl)s1. The van der Waals surface area contributed by atoms with Crippen LogP contribution in [0.25, 0.3) is 0 Å². The Morgan fingerprint density at radius 3 is 2.93 bits per heavy atom. The van der Waals surface area contributed by atoms with Gasteiger partial charge in [0.15, 0.2) is 0 Å². The van der Waals surface area contributed by atoms with Gasteiger partial charge in [-0.25, -0.2) is 0 Å². The molecule has 0 spiro atoms. The third kappa shape index (κ3) is 4.20. The molecule has 0 aromatic carbocycles. The number of hydrogen-bond acceptors (Lipinski definition) is 3. The monoisotopic (exact) mass is 247 g/mol. The van der Waals surface area contributed by atoms with E-state index < -0.39 is 0 Å². The van der Waals surface area contributed by atoms with Crippen molar-refractivity contribution >= 4 is 28.8 Å². The van der Waals surface area contributed by atoms with E-state index in [0.717, 1.165) is 6.42 Å². The number of aliphatic hydroxyl groups is 1. The second kappa shape index (κ2) is 6.10. The molecule has 2 N–H and O–H groups in total. The standard InChI is InChI=1S/C10H14ClNO2S/c1-7(3-2-6-13)12-10(14)8-4-5-9(11)15-8/h4-5,7,13H,2-3,6H2,1H3,(H,12,14). The van der Waals surface area contributed by atoms with Gasteiger partial charge in [-0.1, -0.05) is 11.6 Å². The first-order chi connectivity index (χ1) is 7.13. The van der Waals surface area contributed by atoms with E-state index in [9.17, 15) is 4.79 Å². The fraction of sp³-hybridized carbons (Fsp3) is 0.500. The van der Waals surface area contributed by atoms with Crippen LogP contribution < -0.4 is 5.32 Å². The predicted octanol–water partition coefficient (Wildman–Crippen LogP) is 2.29. The zero-order valence-corrected chi connectivity index (χ0v) is 10.1. The highest BCUT2D eigenvalue weighted by Gasteiger charge is 2.11. The number of rotatable bonds is 5. The highest BCUT2D eigenvalue weighted by Crippen LogP contribution is 2.21. The summed E-state index contributed by atoms with van der Waals surface area (Å²) in [6.07, 6.45) is 1.48. The van der Waals surface area contributed by atoms with E-state index >= 15 is 0 Å². The fourth-order valence-electron chi connectivity index (χ4n) is 1.20. The minimum Gasteiger partial charge on any atom is -0.396 e. The minimum atomic E-state index is -0.0997. The van der Waals surface area contributed by atoms with E-state index in [-0.39, 0.29) is 18.6 Å². The summed E-state index contributed by atoms with van der Waals surface area (Å²) in [6, 6.07) is 3.49. The van der Waals surface area contributed by atoms with E-state index in [1.165, 1.54) is 11.3 Å². The van der Waals surface area contributed by atoms with Crippen LogP contribution in [-0.4, -0.2) is 23.7 Å². The maximum absolute atomic E-state index is 11.6. The number of nitrogens with one attached hydrogen (secondary N) is 1. The molecule has 1 aromatic heterocycles. The number of amides is 1. The highest BCUT2D eigenvalue weighted by molar-refractivity contribution is 7.17. The molecular weight excluding hydrogens is 234 g/mol. The van der Waals surface area contributed by atoms with E-state index in [0.29, 0.717) is 15.6 Å². The first kappa shape index (κ1) is 12.5. The van der Waals surface area contributed by atoms with E-state index in [2.05, 4.69) is 5.32 Å². The van der Waals surface area contributed by atoms with Crippen LogP contribution in [0.2, 0.25) is 4.34 Å². The molecule has 0 saturated heterocycles. The number of halogens is 1. The molecule has 0 bridgehead atoms. The summed E-state index contributed by atoms with van der Waals surface area (Å²) in [5, 5.41) is 11.5. The van der Waals surface area contributed by atoms with Crippen LogP contribution in [0.15, 0.2) is 12.1 Å². The Bertz CT molecular complexity index is 327. The highest BCUT2D eigenvalue weighted by atomic mass is 35.5. The Morgan fingerprint density at radius 1 is 1.67 bits per heavy atom. The Morgan fingerprint density at radius 2 is 2.40 bits per heavy atom. The van der Waals surface area contributed by atoms with Gasteiger partial charge in [-0.05, 0) is 31.9 Å². The zero-order chi connectivity index (χ0) is 11.3. The quantitative estimate of drug-likeness (QED) is 0.839. The van der Waals surface area contributed by atoms with Gasteiger partial charge in [0.25, 0.3) is 5.91 Å². The molecule has 1 heterocycles. The second-order valence-electron chi connectivity index (χ2n) is 3.34. The van der Waals surface area contributed by atoms with Gasteiger partial charge >= 0.3 is 0 Å². The minimum absolute atomic E-state index is 0.0746. The summed E-state index contributed by atoms with van der Waals surface area (Å²) in [4.78, 5) is 12.2. The van der Waals surface area contributed by atoms with Crippen molar-refractivity contribution in [2.75, 3.05) is 6.61 Å². The molecular formula is C10H14ClNO2S. The summed E-state index contributed by atoms with van der Waals surface area (Å²) in [7, 11) is 0. The number of thiophene rings is 1. The molecule has 1 amide bonds. The maximum Gasteiger partial charge on any atom is 0.261 e. The molecule has 0 radical (unpaired) electrons. The lowest BCUT2D eigenvalue weighted by Crippen LogP contribution is -2.32. The first-order valence-electron chi connectivity index (χ1n) is 4.80. The van der Waals surface area contributed by atoms with Gasteiger partial charge in [0.05, 0.1) is 9.21 Å². The van der Waals surface area contributed by atoms with Crippen LogP contribution >= 0.6 is 22.9 Å². The second-order valence-corrected chi connectivity index (χ2v) is 5.06. The first-order valence-corrected chi connectivity index (χ1v) is 6.00. The maximum atomic E-state index is 11.6. The zero-order valence-electron chi connectivity index (χ0n) is 8.50. The molecule has 1 rings (SSSR count). The van der Waals surface area contributed by atoms with E-state index in [1.54, 1.807) is 12.1 Å². The van der Waals surface area contributed by atoms with Crippen LogP contribution in [0.3, 0.4) is 0 Å². The van der Waals surface area contributed by atoms with Gasteiger partial charge in [0.2, 0.25) is 0 Å². The number of hydrogen-bond donors (Lipinski definition) is 2. The van der Waals surface area contributed by atoms with Crippen molar-refractivity contribution in [3.05, 3.63) is 21.3 Å². The van der Waals surface area contributed by atoms with Gasteiger partial charge in [0, 0.05) is 12.6 Å². The van der Waals surface area contributed by atoms with Crippen LogP contribution in [0.1, 0.15) is 29.4 Å². The van der Waals surface area contributed by atoms with Gasteiger partial charge in [-0.3, -0.25) is 4.79 Å². The molecule has 0 aliphatic rings. The molecule has 1 unspecified atom stereocenters. The molecule has 84 valence electrons. The molecule has 5 heteroatoms. The third-order valence-electron chi connectivity index (χ3n) is 1.97. The Balaban J connectivity index is 2.42. The normalized spacial score (nSPS) is 12.5. The largest absolute Gasteiger partial charge is 0.396 e. The molecule has 0 aliphatic carbocycles. The van der Waals surface area contributed by atoms with Crippen LogP contribution in [0, 0.1) is 0 Å². The van der Waals surface area contributed by atoms with E-state index in [1.807, 2.05) is 6.92 Å². The van der Waals surface area contributed by atoms with Crippen LogP contribution in [0.4, 0.5) is 0 Å². The Hall–Kier alpha value is -0.580. The summed E-state index contributed by atoms with van der Waals surface area (Å²) in [5.41, 5.74) is 0. The van der Waals surface area contributed by atoms with Crippen molar-refractivity contribution in [2.45, 2.75) is 25.8 Å². The fourth-order valence-corrected chi connectivity index (χ4v) is 2.15. The summed E-state index contributed by atoms with van der Waals surface area (Å²) >= 11 is 7.00. The summed E-state index contributed by atoms with van der Waals surface area (Å²) < 4.78 is 0.614. The predicted molar refractivity (Wildman–Crippen MR) is 62.6 cm³/mol. The van der Waals surface area contributed by atoms with Gasteiger partial charge in [-0.2, -0.15) is 0 Å². The van der Waals surface area contributed by atoms with Crippen molar-refractivity contribution < 1.29 is 9.90 Å². The van der Waals surface area contributed by atoms with Gasteiger partial charge < -0.3 is 10.4 Å². The average Bonchev–Trinajstić information content (AvgIpc) is 2.61. The molecule has 15 heavy (non-hydrogen) atoms. The lowest BCUT2D eigenvalue weighted by molar-refractivity contribution is 0.0940. The van der Waals surface area contributed by atoms with Gasteiger partial charge in [0.1, 0.15) is 0 Å². The molecule has 0 aliphatic heterocycles. The smallest absolute Gasteiger partial charge is 0.261 e. The number of carbonyl (C=O) groups excluding carboxylic acids is 1. The summed E-state index contributed by atoms with van der Waals surface area (Å²) in [5.74, 6) is -0.0997. The lowest BCUT2D eigenvalue weighted by Gasteiger charge is -2.11. The van der Waals surface area contributed by atoms with Crippen molar-refractivity contribution in [3.8, 4) is 0 Å². The number of aliphatic hydroxyl groups excluding tert-OH is 1. The van der Waals surface area contributed by atoms with Crippen molar-refractivity contribution in [1.29, 1.82) is 0 Å². The van der Waals surface area contributed by atoms with Crippen molar-refractivity contribution in [2.24, 2.45) is 0 Å². The molecule has 1 atom stereocenters. The molecule has 0 fully saturated rings. The van der Waals surface area contributed by atoms with Crippen molar-refractivity contribution in [3.63, 3.8) is 0 Å². The van der Waals surface area contributed by atoms with Gasteiger partial charge in [-0.15, -0.1) is 11.3 Å².